The number of amides is 4. The second-order valence-corrected chi connectivity index (χ2v) is 0.911. The molecule has 0 bridgehead atoms. The van der Waals surface area contributed by atoms with E-state index in [-0.39, 0.29) is 0 Å². The predicted octanol–water partition coefficient (Wildman–Crippen LogP) is -2.45. The number of hydrogen-bond donors (Lipinski definition) is 5. The van der Waals surface area contributed by atoms with Gasteiger partial charge in [0.25, 0.3) is 0 Å². The zero-order chi connectivity index (χ0) is 7.86. The van der Waals surface area contributed by atoms with Gasteiger partial charge in [0.2, 0.25) is 0 Å². The molecule has 0 unspecified atom stereocenters. The number of urea groups is 2. The average Bonchev–Trinajstić information content (AvgIpc) is 1.65. The van der Waals surface area contributed by atoms with Crippen LogP contribution in [-0.2, 0) is 0 Å². The zero-order valence-corrected chi connectivity index (χ0v) is 4.63. The molecule has 0 saturated heterocycles. The van der Waals surface area contributed by atoms with Crippen LogP contribution in [0.5, 0.6) is 0 Å². The van der Waals surface area contributed by atoms with Gasteiger partial charge in [0.1, 0.15) is 0 Å². The molecule has 0 fully saturated rings. The van der Waals surface area contributed by atoms with E-state index in [0.29, 0.717) is 0 Å². The summed E-state index contributed by atoms with van der Waals surface area (Å²) >= 11 is 0. The van der Waals surface area contributed by atoms with Crippen molar-refractivity contribution >= 4 is 12.1 Å². The van der Waals surface area contributed by atoms with Gasteiger partial charge in [0, 0.05) is 0 Å². The minimum Gasteiger partial charge on any atom is -0.352 e. The smallest absolute Gasteiger partial charge is 0.326 e. The van der Waals surface area contributed by atoms with E-state index in [1.165, 1.54) is 0 Å². The summed E-state index contributed by atoms with van der Waals surface area (Å²) in [7, 11) is 0. The van der Waals surface area contributed by atoms with Crippen LogP contribution in [0.4, 0.5) is 9.59 Å². The fourth-order valence-corrected chi connectivity index (χ4v) is 0. The molecule has 0 atom stereocenters. The van der Waals surface area contributed by atoms with Crippen molar-refractivity contribution in [3.05, 3.63) is 0 Å². The molecule has 0 aliphatic heterocycles. The number of nitrogens with one attached hydrogen (secondary N) is 1. The van der Waals surface area contributed by atoms with Gasteiger partial charge in [-0.25, -0.2) is 15.4 Å². The van der Waals surface area contributed by atoms with Crippen LogP contribution in [0.2, 0.25) is 0 Å². The highest BCUT2D eigenvalue weighted by molar-refractivity contribution is 5.70. The average molecular weight is 135 g/mol. The Bertz CT molecular complexity index is 97.1. The summed E-state index contributed by atoms with van der Waals surface area (Å²) in [6.07, 6.45) is 0. The van der Waals surface area contributed by atoms with Crippen LogP contribution in [0.3, 0.4) is 0 Å². The second kappa shape index (κ2) is 6.50. The lowest BCUT2D eigenvalue weighted by Gasteiger charge is -1.81. The van der Waals surface area contributed by atoms with E-state index >= 15 is 0 Å². The van der Waals surface area contributed by atoms with Gasteiger partial charge < -0.3 is 17.2 Å². The Kier molecular flexibility index (Phi) is 7.57. The number of carbonyl (C=O) groups excluding carboxylic acids is 2. The first-order valence-corrected chi connectivity index (χ1v) is 1.81. The lowest BCUT2D eigenvalue weighted by molar-refractivity contribution is 0.249. The second-order valence-electron chi connectivity index (χ2n) is 0.911. The fraction of sp³-hybridized carbons (Fsp3) is 0. The van der Waals surface area contributed by atoms with E-state index in [4.69, 9.17) is 4.79 Å². The van der Waals surface area contributed by atoms with Crippen molar-refractivity contribution in [3.8, 4) is 0 Å². The Morgan fingerprint density at radius 3 is 1.22 bits per heavy atom. The monoisotopic (exact) mass is 135 g/mol. The van der Waals surface area contributed by atoms with Crippen molar-refractivity contribution in [1.82, 2.24) is 5.43 Å². The predicted molar refractivity (Wildman–Crippen MR) is 30.7 cm³/mol. The maximum Gasteiger partial charge on any atom is 0.326 e. The van der Waals surface area contributed by atoms with Crippen LogP contribution < -0.4 is 28.5 Å². The van der Waals surface area contributed by atoms with E-state index < -0.39 is 12.1 Å². The van der Waals surface area contributed by atoms with Crippen molar-refractivity contribution in [2.45, 2.75) is 0 Å². The van der Waals surface area contributed by atoms with Crippen molar-refractivity contribution in [3.63, 3.8) is 0 Å². The molecule has 7 heteroatoms. The van der Waals surface area contributed by atoms with E-state index in [1.54, 1.807) is 5.43 Å². The van der Waals surface area contributed by atoms with Crippen LogP contribution in [0.1, 0.15) is 0 Å². The molecule has 0 aromatic heterocycles. The van der Waals surface area contributed by atoms with Gasteiger partial charge in [-0.15, -0.1) is 0 Å². The molecule has 4 amide bonds. The molecule has 0 aliphatic rings. The lowest BCUT2D eigenvalue weighted by atomic mass is 11.2. The Balaban J connectivity index is 0. The molecule has 9 heavy (non-hydrogen) atoms. The minimum absolute atomic E-state index is 0.718. The number of primary amides is 3. The first-order chi connectivity index (χ1) is 4.00. The van der Waals surface area contributed by atoms with Gasteiger partial charge in [-0.2, -0.15) is 0 Å². The summed E-state index contributed by atoms with van der Waals surface area (Å²) in [6.45, 7) is 0. The van der Waals surface area contributed by atoms with Crippen LogP contribution in [0.15, 0.2) is 0 Å². The number of carbonyl (C=O) groups is 2. The maximum absolute atomic E-state index is 9.35. The largest absolute Gasteiger partial charge is 0.352 e. The fourth-order valence-electron chi connectivity index (χ4n) is 0. The SMILES string of the molecule is NC(N)=O.NNC(N)=O. The van der Waals surface area contributed by atoms with Gasteiger partial charge in [-0.3, -0.25) is 5.43 Å². The molecule has 0 spiro atoms. The molecule has 0 heterocycles. The minimum atomic E-state index is -0.833. The highest BCUT2D eigenvalue weighted by Crippen LogP contribution is 1.34. The molecule has 7 nitrogen and oxygen atoms in total. The third kappa shape index (κ3) is 526. The van der Waals surface area contributed by atoms with Crippen LogP contribution >= 0.6 is 0 Å². The number of nitrogens with two attached hydrogens (primary N) is 4. The molecular weight excluding hydrogens is 126 g/mol. The van der Waals surface area contributed by atoms with E-state index in [0.717, 1.165) is 0 Å². The molecule has 0 aliphatic carbocycles. The molecule has 0 saturated carbocycles. The van der Waals surface area contributed by atoms with E-state index in [2.05, 4.69) is 23.0 Å². The van der Waals surface area contributed by atoms with Crippen molar-refractivity contribution in [1.29, 1.82) is 0 Å². The first-order valence-electron chi connectivity index (χ1n) is 1.81. The molecular formula is C2H9N5O2. The summed E-state index contributed by atoms with van der Waals surface area (Å²) < 4.78 is 0. The van der Waals surface area contributed by atoms with Crippen molar-refractivity contribution in [2.24, 2.45) is 23.0 Å². The van der Waals surface area contributed by atoms with Crippen molar-refractivity contribution in [2.75, 3.05) is 0 Å². The summed E-state index contributed by atoms with van der Waals surface area (Å²) in [5.41, 5.74) is 14.6. The molecule has 54 valence electrons. The Labute approximate surface area is 51.3 Å². The van der Waals surface area contributed by atoms with Crippen molar-refractivity contribution < 1.29 is 9.59 Å². The third-order valence-corrected chi connectivity index (χ3v) is 0.142. The number of rotatable bonds is 0. The lowest BCUT2D eigenvalue weighted by Crippen LogP contribution is -2.34. The Morgan fingerprint density at radius 1 is 1.11 bits per heavy atom. The maximum atomic E-state index is 9.35. The summed E-state index contributed by atoms with van der Waals surface area (Å²) in [5.74, 6) is 4.45. The molecule has 0 rings (SSSR count). The normalized spacial score (nSPS) is 6.33. The topological polar surface area (TPSA) is 150 Å². The van der Waals surface area contributed by atoms with Crippen LogP contribution in [0, 0.1) is 0 Å². The zero-order valence-electron chi connectivity index (χ0n) is 4.63. The third-order valence-electron chi connectivity index (χ3n) is 0.142. The van der Waals surface area contributed by atoms with E-state index in [9.17, 15) is 4.79 Å². The van der Waals surface area contributed by atoms with E-state index in [1.807, 2.05) is 0 Å². The summed E-state index contributed by atoms with van der Waals surface area (Å²) in [4.78, 5) is 18.4. The van der Waals surface area contributed by atoms with Gasteiger partial charge in [-0.1, -0.05) is 0 Å². The molecule has 0 aromatic rings. The molecule has 0 radical (unpaired) electrons. The summed E-state index contributed by atoms with van der Waals surface area (Å²) in [5, 5.41) is 0. The van der Waals surface area contributed by atoms with Gasteiger partial charge in [0.15, 0.2) is 0 Å². The first kappa shape index (κ1) is 10.5. The summed E-state index contributed by atoms with van der Waals surface area (Å²) in [6, 6.07) is -1.55. The standard InChI is InChI=1S/CH5N3O.CH4N2O/c2-1(5)4-3;2-1(3)4/h3H2,(H3,2,4,5);(H4,2,3,4). The number of hydrogen-bond acceptors (Lipinski definition) is 3. The van der Waals surface area contributed by atoms with Crippen LogP contribution in [-0.4, -0.2) is 12.1 Å². The van der Waals surface area contributed by atoms with Crippen LogP contribution in [0.25, 0.3) is 0 Å². The van der Waals surface area contributed by atoms with Gasteiger partial charge in [0.05, 0.1) is 0 Å². The molecule has 9 N–H and O–H groups in total. The Hall–Kier alpha value is -1.50. The highest BCUT2D eigenvalue weighted by Gasteiger charge is 1.73. The quantitative estimate of drug-likeness (QED) is 0.142. The van der Waals surface area contributed by atoms with Gasteiger partial charge in [-0.05, 0) is 0 Å². The molecule has 0 aromatic carbocycles. The highest BCUT2D eigenvalue weighted by atomic mass is 16.2. The number of hydrazine groups is 1. The van der Waals surface area contributed by atoms with Gasteiger partial charge >= 0.3 is 12.1 Å². The Morgan fingerprint density at radius 2 is 1.22 bits per heavy atom.